The standard InChI is InChI=1S/C6H6Br2Cl2/c1-4(10)5(3-9)6(8)2-7/h1-3H2. The molecule has 0 unspecified atom stereocenters. The minimum atomic E-state index is 0.383. The Bertz CT molecular complexity index is 163. The van der Waals surface area contributed by atoms with Gasteiger partial charge in [0.1, 0.15) is 0 Å². The van der Waals surface area contributed by atoms with E-state index < -0.39 is 0 Å². The molecule has 0 saturated heterocycles. The Morgan fingerprint density at radius 1 is 1.50 bits per heavy atom. The summed E-state index contributed by atoms with van der Waals surface area (Å²) in [5, 5.41) is 1.20. The molecule has 0 aromatic carbocycles. The maximum atomic E-state index is 5.63. The van der Waals surface area contributed by atoms with Gasteiger partial charge in [-0.1, -0.05) is 50.0 Å². The molecule has 0 aromatic heterocycles. The van der Waals surface area contributed by atoms with Gasteiger partial charge in [0, 0.05) is 20.7 Å². The SMILES string of the molecule is C=C(Cl)C(CCl)=C(Br)CBr. The fourth-order valence-electron chi connectivity index (χ4n) is 0.373. The fourth-order valence-corrected chi connectivity index (χ4v) is 1.94. The molecule has 0 aliphatic rings. The van der Waals surface area contributed by atoms with E-state index in [0.717, 1.165) is 10.1 Å². The molecule has 0 rings (SSSR count). The van der Waals surface area contributed by atoms with Crippen LogP contribution in [0.4, 0.5) is 0 Å². The van der Waals surface area contributed by atoms with Gasteiger partial charge in [0.2, 0.25) is 0 Å². The van der Waals surface area contributed by atoms with E-state index in [0.29, 0.717) is 16.2 Å². The van der Waals surface area contributed by atoms with Gasteiger partial charge in [-0.05, 0) is 5.57 Å². The fraction of sp³-hybridized carbons (Fsp3) is 0.333. The molecule has 0 N–H and O–H groups in total. The molecule has 0 aliphatic carbocycles. The van der Waals surface area contributed by atoms with E-state index in [1.54, 1.807) is 0 Å². The second-order valence-corrected chi connectivity index (χ2v) is 3.80. The lowest BCUT2D eigenvalue weighted by atomic mass is 10.3. The van der Waals surface area contributed by atoms with Gasteiger partial charge >= 0.3 is 0 Å². The van der Waals surface area contributed by atoms with Crippen molar-refractivity contribution in [1.82, 2.24) is 0 Å². The summed E-state index contributed by atoms with van der Waals surface area (Å²) in [5.74, 6) is 0.383. The van der Waals surface area contributed by atoms with Crippen LogP contribution < -0.4 is 0 Å². The van der Waals surface area contributed by atoms with E-state index >= 15 is 0 Å². The Morgan fingerprint density at radius 2 is 2.00 bits per heavy atom. The van der Waals surface area contributed by atoms with Gasteiger partial charge in [0.05, 0.1) is 0 Å². The largest absolute Gasteiger partial charge is 0.121 e. The summed E-state index contributed by atoms with van der Waals surface area (Å²) in [6.07, 6.45) is 0. The molecule has 10 heavy (non-hydrogen) atoms. The van der Waals surface area contributed by atoms with Crippen molar-refractivity contribution in [3.63, 3.8) is 0 Å². The van der Waals surface area contributed by atoms with E-state index in [4.69, 9.17) is 23.2 Å². The molecule has 58 valence electrons. The molecular weight excluding hydrogens is 303 g/mol. The van der Waals surface area contributed by atoms with Crippen molar-refractivity contribution >= 4 is 55.1 Å². The van der Waals surface area contributed by atoms with Crippen LogP contribution in [0.3, 0.4) is 0 Å². The second-order valence-electron chi connectivity index (χ2n) is 1.56. The minimum absolute atomic E-state index is 0.383. The van der Waals surface area contributed by atoms with Crippen LogP contribution in [0.2, 0.25) is 0 Å². The Balaban J connectivity index is 4.45. The highest BCUT2D eigenvalue weighted by Gasteiger charge is 2.03. The number of hydrogen-bond donors (Lipinski definition) is 0. The average molecular weight is 309 g/mol. The van der Waals surface area contributed by atoms with Crippen LogP contribution in [-0.2, 0) is 0 Å². The predicted octanol–water partition coefficient (Wildman–Crippen LogP) is 4.02. The number of rotatable bonds is 3. The summed E-state index contributed by atoms with van der Waals surface area (Å²) in [7, 11) is 0. The summed E-state index contributed by atoms with van der Waals surface area (Å²) in [6, 6.07) is 0. The van der Waals surface area contributed by atoms with Crippen LogP contribution in [-0.4, -0.2) is 11.2 Å². The van der Waals surface area contributed by atoms with Crippen LogP contribution in [0.25, 0.3) is 0 Å². The van der Waals surface area contributed by atoms with Gasteiger partial charge in [0.25, 0.3) is 0 Å². The molecule has 0 amide bonds. The molecule has 4 heteroatoms. The summed E-state index contributed by atoms with van der Waals surface area (Å²) in [4.78, 5) is 0. The molecule has 0 radical (unpaired) electrons. The number of alkyl halides is 2. The number of halogens is 4. The maximum absolute atomic E-state index is 5.63. The van der Waals surface area contributed by atoms with E-state index in [1.807, 2.05) is 0 Å². The molecule has 0 heterocycles. The van der Waals surface area contributed by atoms with Gasteiger partial charge in [-0.2, -0.15) is 0 Å². The third kappa shape index (κ3) is 3.42. The van der Waals surface area contributed by atoms with Gasteiger partial charge in [-0.3, -0.25) is 0 Å². The first kappa shape index (κ1) is 11.0. The van der Waals surface area contributed by atoms with Crippen molar-refractivity contribution in [2.24, 2.45) is 0 Å². The van der Waals surface area contributed by atoms with Crippen molar-refractivity contribution < 1.29 is 0 Å². The molecule has 0 bridgehead atoms. The van der Waals surface area contributed by atoms with Crippen molar-refractivity contribution in [2.45, 2.75) is 0 Å². The lowest BCUT2D eigenvalue weighted by Crippen LogP contribution is -1.88. The zero-order valence-corrected chi connectivity index (χ0v) is 9.82. The highest BCUT2D eigenvalue weighted by molar-refractivity contribution is 9.13. The van der Waals surface area contributed by atoms with E-state index in [1.165, 1.54) is 0 Å². The molecular formula is C6H6Br2Cl2. The second kappa shape index (κ2) is 5.64. The Morgan fingerprint density at radius 3 is 2.10 bits per heavy atom. The van der Waals surface area contributed by atoms with Crippen molar-refractivity contribution in [3.8, 4) is 0 Å². The monoisotopic (exact) mass is 306 g/mol. The van der Waals surface area contributed by atoms with Crippen molar-refractivity contribution in [1.29, 1.82) is 0 Å². The van der Waals surface area contributed by atoms with Crippen LogP contribution >= 0.6 is 55.1 Å². The third-order valence-corrected chi connectivity index (χ3v) is 3.47. The smallest absolute Gasteiger partial charge is 0.0496 e. The predicted molar refractivity (Wildman–Crippen MR) is 55.5 cm³/mol. The van der Waals surface area contributed by atoms with Gasteiger partial charge < -0.3 is 0 Å². The summed E-state index contributed by atoms with van der Waals surface area (Å²) >= 11 is 17.8. The molecule has 0 aliphatic heterocycles. The van der Waals surface area contributed by atoms with Gasteiger partial charge in [-0.15, -0.1) is 11.6 Å². The lowest BCUT2D eigenvalue weighted by Gasteiger charge is -2.01. The van der Waals surface area contributed by atoms with Crippen LogP contribution in [0, 0.1) is 0 Å². The van der Waals surface area contributed by atoms with Gasteiger partial charge in [0.15, 0.2) is 0 Å². The quantitative estimate of drug-likeness (QED) is 0.545. The number of allylic oxidation sites excluding steroid dienone is 3. The van der Waals surface area contributed by atoms with Crippen molar-refractivity contribution in [2.75, 3.05) is 11.2 Å². The highest BCUT2D eigenvalue weighted by Crippen LogP contribution is 2.23. The summed E-state index contributed by atoms with van der Waals surface area (Å²) in [6.45, 7) is 3.57. The zero-order valence-electron chi connectivity index (χ0n) is 5.13. The molecule has 0 saturated carbocycles. The van der Waals surface area contributed by atoms with Crippen LogP contribution in [0.5, 0.6) is 0 Å². The average Bonchev–Trinajstić information content (AvgIpc) is 1.88. The molecule has 0 spiro atoms. The summed E-state index contributed by atoms with van der Waals surface area (Å²) < 4.78 is 0.947. The minimum Gasteiger partial charge on any atom is -0.121 e. The van der Waals surface area contributed by atoms with E-state index in [2.05, 4.69) is 38.4 Å². The zero-order chi connectivity index (χ0) is 8.15. The normalized spacial score (nSPS) is 12.8. The lowest BCUT2D eigenvalue weighted by molar-refractivity contribution is 1.46. The topological polar surface area (TPSA) is 0 Å². The molecule has 0 fully saturated rings. The van der Waals surface area contributed by atoms with E-state index in [9.17, 15) is 0 Å². The Kier molecular flexibility index (Phi) is 6.22. The first-order valence-corrected chi connectivity index (χ1v) is 5.30. The summed E-state index contributed by atoms with van der Waals surface area (Å²) in [5.41, 5.74) is 0.847. The van der Waals surface area contributed by atoms with E-state index in [-0.39, 0.29) is 0 Å². The first-order chi connectivity index (χ1) is 4.63. The third-order valence-electron chi connectivity index (χ3n) is 0.906. The van der Waals surface area contributed by atoms with Crippen LogP contribution in [0.1, 0.15) is 0 Å². The Labute approximate surface area is 87.5 Å². The molecule has 0 nitrogen and oxygen atoms in total. The number of hydrogen-bond acceptors (Lipinski definition) is 0. The maximum Gasteiger partial charge on any atom is 0.0496 e. The van der Waals surface area contributed by atoms with Crippen LogP contribution in [0.15, 0.2) is 21.7 Å². The molecule has 0 aromatic rings. The first-order valence-electron chi connectivity index (χ1n) is 2.47. The van der Waals surface area contributed by atoms with Gasteiger partial charge in [-0.25, -0.2) is 0 Å². The molecule has 0 atom stereocenters. The Hall–Kier alpha value is 1.02. The highest BCUT2D eigenvalue weighted by atomic mass is 79.9. The van der Waals surface area contributed by atoms with Crippen molar-refractivity contribution in [3.05, 3.63) is 21.7 Å².